The fourth-order valence-electron chi connectivity index (χ4n) is 1.09. The molecule has 1 aliphatic heterocycles. The lowest BCUT2D eigenvalue weighted by Crippen LogP contribution is -2.27. The van der Waals surface area contributed by atoms with Gasteiger partial charge in [-0.15, -0.1) is 0 Å². The van der Waals surface area contributed by atoms with Crippen LogP contribution in [-0.4, -0.2) is 28.5 Å². The Kier molecular flexibility index (Phi) is 3.40. The van der Waals surface area contributed by atoms with E-state index in [1.54, 1.807) is 0 Å². The fraction of sp³-hybridized carbons (Fsp3) is 0.500. The molecule has 0 spiro atoms. The van der Waals surface area contributed by atoms with Crippen LogP contribution in [0.1, 0.15) is 13.3 Å². The number of nitrogens with one attached hydrogen (secondary N) is 1. The third kappa shape index (κ3) is 2.66. The Labute approximate surface area is 84.6 Å². The van der Waals surface area contributed by atoms with Crippen LogP contribution in [0.3, 0.4) is 0 Å². The average Bonchev–Trinajstić information content (AvgIpc) is 2.41. The first kappa shape index (κ1) is 10.9. The zero-order valence-corrected chi connectivity index (χ0v) is 8.35. The van der Waals surface area contributed by atoms with E-state index in [1.165, 1.54) is 6.92 Å². The second-order valence-corrected chi connectivity index (χ2v) is 4.07. The third-order valence-corrected chi connectivity index (χ3v) is 2.61. The van der Waals surface area contributed by atoms with Gasteiger partial charge in [-0.3, -0.25) is 24.5 Å². The van der Waals surface area contributed by atoms with Crippen LogP contribution in [0.15, 0.2) is 0 Å². The van der Waals surface area contributed by atoms with E-state index in [0.29, 0.717) is 0 Å². The van der Waals surface area contributed by atoms with Crippen LogP contribution in [0.5, 0.6) is 0 Å². The SMILES string of the molecule is CC(=O)SCC(=O)C1CC(=O)NC1=O. The Balaban J connectivity index is 2.49. The minimum Gasteiger partial charge on any atom is -0.298 e. The number of hydrogen-bond donors (Lipinski definition) is 1. The highest BCUT2D eigenvalue weighted by Crippen LogP contribution is 2.15. The van der Waals surface area contributed by atoms with Crippen LogP contribution in [0.4, 0.5) is 0 Å². The highest BCUT2D eigenvalue weighted by Gasteiger charge is 2.35. The van der Waals surface area contributed by atoms with Crippen LogP contribution >= 0.6 is 11.8 Å². The van der Waals surface area contributed by atoms with E-state index in [-0.39, 0.29) is 23.1 Å². The van der Waals surface area contributed by atoms with E-state index in [9.17, 15) is 19.2 Å². The maximum atomic E-state index is 11.3. The van der Waals surface area contributed by atoms with Crippen molar-refractivity contribution in [2.75, 3.05) is 5.75 Å². The lowest BCUT2D eigenvalue weighted by atomic mass is 10.0. The summed E-state index contributed by atoms with van der Waals surface area (Å²) in [6, 6.07) is 0. The molecule has 1 rings (SSSR count). The molecule has 0 aromatic rings. The first-order valence-electron chi connectivity index (χ1n) is 4.00. The minimum atomic E-state index is -0.894. The van der Waals surface area contributed by atoms with Crippen LogP contribution in [-0.2, 0) is 19.2 Å². The van der Waals surface area contributed by atoms with Gasteiger partial charge in [0.2, 0.25) is 11.8 Å². The molecule has 76 valence electrons. The smallest absolute Gasteiger partial charge is 0.237 e. The molecule has 0 aromatic heterocycles. The molecule has 1 heterocycles. The molecule has 1 unspecified atom stereocenters. The van der Waals surface area contributed by atoms with E-state index >= 15 is 0 Å². The summed E-state index contributed by atoms with van der Waals surface area (Å²) in [5, 5.41) is 1.86. The number of rotatable bonds is 3. The van der Waals surface area contributed by atoms with Gasteiger partial charge < -0.3 is 0 Å². The molecular weight excluding hydrogens is 206 g/mol. The monoisotopic (exact) mass is 215 g/mol. The van der Waals surface area contributed by atoms with Crippen molar-refractivity contribution in [1.29, 1.82) is 0 Å². The lowest BCUT2D eigenvalue weighted by molar-refractivity contribution is -0.130. The second kappa shape index (κ2) is 4.36. The number of carbonyl (C=O) groups excluding carboxylic acids is 4. The number of carbonyl (C=O) groups is 4. The Morgan fingerprint density at radius 3 is 2.57 bits per heavy atom. The van der Waals surface area contributed by atoms with Gasteiger partial charge in [-0.2, -0.15) is 0 Å². The Hall–Kier alpha value is -1.17. The second-order valence-electron chi connectivity index (χ2n) is 2.92. The van der Waals surface area contributed by atoms with Crippen molar-refractivity contribution in [1.82, 2.24) is 5.32 Å². The van der Waals surface area contributed by atoms with Crippen LogP contribution < -0.4 is 5.32 Å². The Bertz CT molecular complexity index is 312. The number of amides is 2. The molecule has 1 saturated heterocycles. The number of Topliss-reactive ketones (excluding diaryl/α,β-unsaturated/α-hetero) is 1. The first-order chi connectivity index (χ1) is 6.50. The number of hydrogen-bond acceptors (Lipinski definition) is 5. The largest absolute Gasteiger partial charge is 0.298 e. The van der Waals surface area contributed by atoms with Crippen molar-refractivity contribution in [2.24, 2.45) is 5.92 Å². The molecule has 14 heavy (non-hydrogen) atoms. The van der Waals surface area contributed by atoms with Gasteiger partial charge in [-0.25, -0.2) is 0 Å². The zero-order chi connectivity index (χ0) is 10.7. The van der Waals surface area contributed by atoms with E-state index in [2.05, 4.69) is 0 Å². The van der Waals surface area contributed by atoms with Crippen molar-refractivity contribution in [2.45, 2.75) is 13.3 Å². The summed E-state index contributed by atoms with van der Waals surface area (Å²) < 4.78 is 0. The minimum absolute atomic E-state index is 0.0410. The molecule has 0 saturated carbocycles. The maximum Gasteiger partial charge on any atom is 0.237 e. The summed E-state index contributed by atoms with van der Waals surface area (Å²) in [6.07, 6.45) is -0.0872. The van der Waals surface area contributed by atoms with E-state index in [1.807, 2.05) is 5.32 Å². The maximum absolute atomic E-state index is 11.3. The fourth-order valence-corrected chi connectivity index (χ4v) is 1.63. The molecule has 1 aliphatic rings. The van der Waals surface area contributed by atoms with Gasteiger partial charge in [0.15, 0.2) is 10.9 Å². The number of thioether (sulfide) groups is 1. The van der Waals surface area contributed by atoms with Crippen LogP contribution in [0, 0.1) is 5.92 Å². The van der Waals surface area contributed by atoms with Crippen molar-refractivity contribution in [3.63, 3.8) is 0 Å². The van der Waals surface area contributed by atoms with E-state index < -0.39 is 17.7 Å². The topological polar surface area (TPSA) is 80.3 Å². The summed E-state index contributed by atoms with van der Waals surface area (Å²) in [7, 11) is 0. The van der Waals surface area contributed by atoms with Gasteiger partial charge in [-0.05, 0) is 0 Å². The predicted octanol–water partition coefficient (Wildman–Crippen LogP) is -0.502. The highest BCUT2D eigenvalue weighted by molar-refractivity contribution is 8.14. The van der Waals surface area contributed by atoms with Crippen LogP contribution in [0.25, 0.3) is 0 Å². The first-order valence-corrected chi connectivity index (χ1v) is 4.99. The molecule has 0 bridgehead atoms. The molecular formula is C8H9NO4S. The summed E-state index contributed by atoms with van der Waals surface area (Å²) in [6.45, 7) is 1.35. The van der Waals surface area contributed by atoms with Crippen LogP contribution in [0.2, 0.25) is 0 Å². The van der Waals surface area contributed by atoms with Crippen molar-refractivity contribution in [3.8, 4) is 0 Å². The predicted molar refractivity (Wildman–Crippen MR) is 49.4 cm³/mol. The number of ketones is 1. The average molecular weight is 215 g/mol. The van der Waals surface area contributed by atoms with Crippen molar-refractivity contribution in [3.05, 3.63) is 0 Å². The van der Waals surface area contributed by atoms with Crippen molar-refractivity contribution >= 4 is 34.5 Å². The molecule has 0 aromatic carbocycles. The molecule has 2 amide bonds. The van der Waals surface area contributed by atoms with E-state index in [0.717, 1.165) is 11.8 Å². The quantitative estimate of drug-likeness (QED) is 0.507. The highest BCUT2D eigenvalue weighted by atomic mass is 32.2. The number of imide groups is 1. The summed E-state index contributed by atoms with van der Waals surface area (Å²) in [5.74, 6) is -2.28. The summed E-state index contributed by atoms with van der Waals surface area (Å²) >= 11 is 0.850. The molecule has 6 heteroatoms. The third-order valence-electron chi connectivity index (χ3n) is 1.77. The van der Waals surface area contributed by atoms with Crippen molar-refractivity contribution < 1.29 is 19.2 Å². The summed E-state index contributed by atoms with van der Waals surface area (Å²) in [5.41, 5.74) is 0. The van der Waals surface area contributed by atoms with Gasteiger partial charge in [0, 0.05) is 13.3 Å². The molecule has 1 atom stereocenters. The molecule has 0 aliphatic carbocycles. The zero-order valence-electron chi connectivity index (χ0n) is 7.53. The van der Waals surface area contributed by atoms with Gasteiger partial charge in [0.25, 0.3) is 0 Å². The molecule has 0 radical (unpaired) electrons. The molecule has 5 nitrogen and oxygen atoms in total. The molecule has 1 fully saturated rings. The van der Waals surface area contributed by atoms with Gasteiger partial charge in [0.1, 0.15) is 5.92 Å². The Morgan fingerprint density at radius 1 is 1.50 bits per heavy atom. The van der Waals surface area contributed by atoms with Gasteiger partial charge >= 0.3 is 0 Å². The standard InChI is InChI=1S/C8H9NO4S/c1-4(10)14-3-6(11)5-2-7(12)9-8(5)13/h5H,2-3H2,1H3,(H,9,12,13). The molecule has 1 N–H and O–H groups in total. The Morgan fingerprint density at radius 2 is 2.14 bits per heavy atom. The summed E-state index contributed by atoms with van der Waals surface area (Å²) in [4.78, 5) is 43.6. The van der Waals surface area contributed by atoms with Gasteiger partial charge in [-0.1, -0.05) is 11.8 Å². The lowest BCUT2D eigenvalue weighted by Gasteiger charge is -2.02. The van der Waals surface area contributed by atoms with E-state index in [4.69, 9.17) is 0 Å². The normalized spacial score (nSPS) is 20.8. The van der Waals surface area contributed by atoms with Gasteiger partial charge in [0.05, 0.1) is 5.75 Å².